The van der Waals surface area contributed by atoms with E-state index in [4.69, 9.17) is 18.9 Å². The van der Waals surface area contributed by atoms with Crippen molar-refractivity contribution in [1.29, 1.82) is 0 Å². The SMILES string of the molecule is CCCC(CCCCCC(CCCCCCCC(=O)[O-])OC(C)=O)OCc1ccccc1.CCCC(CCCCCC(CCCCCCCC(=O)[O-])OC(C)=O)OCc1ccccc1.[Ba+2]. The number of benzene rings is 2. The van der Waals surface area contributed by atoms with Gasteiger partial charge in [0, 0.05) is 25.8 Å². The second kappa shape index (κ2) is 44.3. The van der Waals surface area contributed by atoms with Crippen molar-refractivity contribution in [3.8, 4) is 0 Å². The van der Waals surface area contributed by atoms with Gasteiger partial charge in [0.2, 0.25) is 0 Å². The van der Waals surface area contributed by atoms with Crippen LogP contribution in [-0.2, 0) is 51.3 Å². The fraction of sp³-hybridized carbons (Fsp3) is 0.704. The number of hydrogen-bond donors (Lipinski definition) is 0. The summed E-state index contributed by atoms with van der Waals surface area (Å²) in [4.78, 5) is 43.7. The Morgan fingerprint density at radius 2 is 0.692 bits per heavy atom. The molecule has 10 nitrogen and oxygen atoms in total. The van der Waals surface area contributed by atoms with Gasteiger partial charge in [0.25, 0.3) is 0 Å². The van der Waals surface area contributed by atoms with Gasteiger partial charge in [0.15, 0.2) is 0 Å². The predicted octanol–water partition coefficient (Wildman–Crippen LogP) is 11.1. The maximum absolute atomic E-state index is 11.4. The molecule has 2 rings (SSSR count). The number of carboxylic acid groups (broad SMARTS) is 2. The standard InChI is InChI=1S/2C27H44O5.Ba/c2*1-3-15-25(31-22-24-16-9-7-10-17-24)18-12-8-13-20-26(32-23(2)28)19-11-5-4-6-14-21-27(29)30;/h2*7,9-10,16-17,25-26H,3-6,8,11-15,18-22H2,1-2H3,(H,29,30);/q;;+2/p-2. The van der Waals surface area contributed by atoms with Crippen LogP contribution < -0.4 is 10.2 Å². The summed E-state index contributed by atoms with van der Waals surface area (Å²) in [5.41, 5.74) is 2.44. The van der Waals surface area contributed by atoms with Crippen LogP contribution in [0, 0.1) is 0 Å². The Bertz CT molecular complexity index is 1320. The molecule has 0 heterocycles. The predicted molar refractivity (Wildman–Crippen MR) is 258 cm³/mol. The number of ether oxygens (including phenoxy) is 4. The van der Waals surface area contributed by atoms with E-state index in [1.165, 1.54) is 25.0 Å². The molecule has 0 N–H and O–H groups in total. The summed E-state index contributed by atoms with van der Waals surface area (Å²) < 4.78 is 23.3. The third-order valence-electron chi connectivity index (χ3n) is 11.5. The van der Waals surface area contributed by atoms with E-state index in [1.54, 1.807) is 0 Å². The van der Waals surface area contributed by atoms with E-state index in [0.717, 1.165) is 154 Å². The van der Waals surface area contributed by atoms with Crippen LogP contribution in [0.2, 0.25) is 0 Å². The molecule has 0 aliphatic rings. The minimum atomic E-state index is -0.969. The fourth-order valence-corrected chi connectivity index (χ4v) is 8.02. The third kappa shape index (κ3) is 40.6. The van der Waals surface area contributed by atoms with E-state index >= 15 is 0 Å². The first-order valence-corrected chi connectivity index (χ1v) is 25.1. The summed E-state index contributed by atoms with van der Waals surface area (Å²) in [6, 6.07) is 20.6. The molecule has 0 saturated heterocycles. The average Bonchev–Trinajstić information content (AvgIpc) is 3.26. The van der Waals surface area contributed by atoms with Crippen LogP contribution in [0.15, 0.2) is 60.7 Å². The summed E-state index contributed by atoms with van der Waals surface area (Å²) >= 11 is 0. The molecular weight excluding hydrogens is 946 g/mol. The van der Waals surface area contributed by atoms with Gasteiger partial charge in [-0.1, -0.05) is 152 Å². The molecule has 0 spiro atoms. The average molecular weight is 1030 g/mol. The van der Waals surface area contributed by atoms with Crippen LogP contribution in [0.4, 0.5) is 0 Å². The van der Waals surface area contributed by atoms with E-state index in [0.29, 0.717) is 38.3 Å². The number of carbonyl (C=O) groups is 4. The van der Waals surface area contributed by atoms with Crippen LogP contribution in [0.3, 0.4) is 0 Å². The topological polar surface area (TPSA) is 151 Å². The van der Waals surface area contributed by atoms with Gasteiger partial charge in [0.1, 0.15) is 12.2 Å². The first-order valence-electron chi connectivity index (χ1n) is 25.1. The first-order chi connectivity index (χ1) is 31.0. The molecule has 0 fully saturated rings. The first kappa shape index (κ1) is 62.8. The molecule has 0 aliphatic carbocycles. The Morgan fingerprint density at radius 1 is 0.415 bits per heavy atom. The van der Waals surface area contributed by atoms with Crippen molar-refractivity contribution in [2.45, 2.75) is 245 Å². The molecule has 65 heavy (non-hydrogen) atoms. The molecule has 0 aromatic heterocycles. The van der Waals surface area contributed by atoms with Gasteiger partial charge >= 0.3 is 60.8 Å². The van der Waals surface area contributed by atoms with Gasteiger partial charge in [-0.2, -0.15) is 0 Å². The second-order valence-electron chi connectivity index (χ2n) is 17.5. The largest absolute Gasteiger partial charge is 2.00 e. The van der Waals surface area contributed by atoms with Crippen molar-refractivity contribution in [3.05, 3.63) is 71.8 Å². The summed E-state index contributed by atoms with van der Waals surface area (Å²) in [6.45, 7) is 8.71. The minimum Gasteiger partial charge on any atom is -0.550 e. The van der Waals surface area contributed by atoms with Crippen molar-refractivity contribution in [2.75, 3.05) is 0 Å². The molecule has 0 radical (unpaired) electrons. The van der Waals surface area contributed by atoms with Crippen LogP contribution >= 0.6 is 0 Å². The van der Waals surface area contributed by atoms with Gasteiger partial charge in [0.05, 0.1) is 25.4 Å². The van der Waals surface area contributed by atoms with E-state index in [9.17, 15) is 29.4 Å². The molecule has 0 aliphatic heterocycles. The van der Waals surface area contributed by atoms with Crippen molar-refractivity contribution < 1.29 is 48.3 Å². The maximum atomic E-state index is 11.4. The van der Waals surface area contributed by atoms with Gasteiger partial charge in [-0.25, -0.2) is 0 Å². The Kier molecular flexibility index (Phi) is 42.8. The van der Waals surface area contributed by atoms with Crippen molar-refractivity contribution >= 4 is 72.8 Å². The fourth-order valence-electron chi connectivity index (χ4n) is 8.02. The zero-order valence-corrected chi connectivity index (χ0v) is 45.5. The maximum Gasteiger partial charge on any atom is 2.00 e. The zero-order chi connectivity index (χ0) is 46.9. The van der Waals surface area contributed by atoms with Gasteiger partial charge in [-0.05, 0) is 114 Å². The van der Waals surface area contributed by atoms with Crippen LogP contribution in [-0.4, -0.2) is 97.2 Å². The summed E-state index contributed by atoms with van der Waals surface area (Å²) in [5.74, 6) is -2.35. The molecule has 2 aromatic rings. The van der Waals surface area contributed by atoms with Crippen molar-refractivity contribution in [2.24, 2.45) is 0 Å². The van der Waals surface area contributed by atoms with E-state index < -0.39 is 11.9 Å². The van der Waals surface area contributed by atoms with E-state index in [1.807, 2.05) is 36.4 Å². The zero-order valence-electron chi connectivity index (χ0n) is 41.1. The summed E-state index contributed by atoms with van der Waals surface area (Å²) in [7, 11) is 0. The number of rotatable bonds is 40. The normalized spacial score (nSPS) is 12.7. The van der Waals surface area contributed by atoms with Crippen molar-refractivity contribution in [1.82, 2.24) is 0 Å². The quantitative estimate of drug-likeness (QED) is 0.0358. The monoisotopic (exact) mass is 1030 g/mol. The minimum absolute atomic E-state index is 0. The van der Waals surface area contributed by atoms with Crippen LogP contribution in [0.5, 0.6) is 0 Å². The Labute approximate surface area is 434 Å². The Hall–Kier alpha value is -2.19. The third-order valence-corrected chi connectivity index (χ3v) is 11.5. The van der Waals surface area contributed by atoms with Gasteiger partial charge < -0.3 is 38.7 Å². The summed E-state index contributed by atoms with van der Waals surface area (Å²) in [5, 5.41) is 20.8. The summed E-state index contributed by atoms with van der Waals surface area (Å²) in [6.07, 6.45) is 27.0. The molecular formula is C54H86BaO10. The molecule has 2 aromatic carbocycles. The number of unbranched alkanes of at least 4 members (excludes halogenated alkanes) is 12. The second-order valence-corrected chi connectivity index (χ2v) is 17.5. The Balaban J connectivity index is 0.00000124. The molecule has 364 valence electrons. The molecule has 4 unspecified atom stereocenters. The number of esters is 2. The number of aliphatic carboxylic acids is 2. The van der Waals surface area contributed by atoms with Crippen molar-refractivity contribution in [3.63, 3.8) is 0 Å². The molecule has 11 heteroatoms. The molecule has 0 saturated carbocycles. The smallest absolute Gasteiger partial charge is 0.550 e. The number of carboxylic acids is 2. The van der Waals surface area contributed by atoms with Gasteiger partial charge in [-0.15, -0.1) is 0 Å². The molecule has 0 amide bonds. The van der Waals surface area contributed by atoms with Crippen LogP contribution in [0.1, 0.15) is 219 Å². The Morgan fingerprint density at radius 3 is 0.985 bits per heavy atom. The van der Waals surface area contributed by atoms with E-state index in [2.05, 4.69) is 38.1 Å². The number of hydrogen-bond acceptors (Lipinski definition) is 10. The number of carbonyl (C=O) groups excluding carboxylic acids is 4. The van der Waals surface area contributed by atoms with Crippen LogP contribution in [0.25, 0.3) is 0 Å². The molecule has 4 atom stereocenters. The van der Waals surface area contributed by atoms with Gasteiger partial charge in [-0.3, -0.25) is 9.59 Å². The van der Waals surface area contributed by atoms with E-state index in [-0.39, 0.29) is 85.9 Å². The molecule has 0 bridgehead atoms.